The Kier molecular flexibility index (Phi) is 24.4. The van der Waals surface area contributed by atoms with Gasteiger partial charge < -0.3 is 18.9 Å². The van der Waals surface area contributed by atoms with Gasteiger partial charge in [-0.15, -0.1) is 0 Å². The maximum atomic E-state index is 13.1. The van der Waals surface area contributed by atoms with Crippen LogP contribution in [0.3, 0.4) is 0 Å². The van der Waals surface area contributed by atoms with Crippen molar-refractivity contribution in [1.29, 1.82) is 0 Å². The summed E-state index contributed by atoms with van der Waals surface area (Å²) in [5, 5.41) is 0.197. The monoisotopic (exact) mass is 927 g/mol. The maximum absolute atomic E-state index is 13.1. The number of hydrogen-bond acceptors (Lipinski definition) is 8. The first-order chi connectivity index (χ1) is 32.9. The molecule has 5 aromatic carbocycles. The Morgan fingerprint density at radius 1 is 0.433 bits per heavy atom. The molecule has 0 spiro atoms. The molecule has 5 rings (SSSR count). The fraction of sp³-hybridized carbons (Fsp3) is 0.414. The Bertz CT molecular complexity index is 2220. The quantitative estimate of drug-likeness (QED) is 0.0184. The molecule has 0 bridgehead atoms. The summed E-state index contributed by atoms with van der Waals surface area (Å²) in [4.78, 5) is 35.3. The van der Waals surface area contributed by atoms with Gasteiger partial charge in [0.25, 0.3) is 0 Å². The van der Waals surface area contributed by atoms with E-state index in [0.29, 0.717) is 11.1 Å². The molecule has 67 heavy (non-hydrogen) atoms. The standard InChI is InChI=1S/C58H71ClN2O6/c1-3-5-7-9-11-13-15-17-19-21-41-64-52-35-31-50(32-36-52)60-44-46-23-27-48(28-24-46)57(62)66-54-39-40-55(59)56(43-54)67-58(63)49-29-25-47(26-30-49)45-61-51-33-37-53(38-34-51)65-42-22-20-18-16-14-12-10-8-6-4-2/h23-40,43-45H,3-22,41-42H2,1-2H3. The van der Waals surface area contributed by atoms with Crippen LogP contribution in [0, 0.1) is 0 Å². The Balaban J connectivity index is 0.990. The Hall–Kier alpha value is -5.73. The minimum atomic E-state index is -0.608. The van der Waals surface area contributed by atoms with Crippen molar-refractivity contribution in [2.75, 3.05) is 13.2 Å². The van der Waals surface area contributed by atoms with Crippen LogP contribution >= 0.6 is 11.6 Å². The third-order valence-corrected chi connectivity index (χ3v) is 11.9. The number of nitrogens with zero attached hydrogens (tertiary/aromatic N) is 2. The van der Waals surface area contributed by atoms with Gasteiger partial charge in [0.15, 0.2) is 5.75 Å². The molecule has 0 atom stereocenters. The number of unbranched alkanes of at least 4 members (excludes halogenated alkanes) is 18. The zero-order valence-corrected chi connectivity index (χ0v) is 40.7. The minimum absolute atomic E-state index is 0.0683. The Labute approximate surface area is 405 Å². The van der Waals surface area contributed by atoms with Crippen molar-refractivity contribution in [3.63, 3.8) is 0 Å². The number of carbonyl (C=O) groups is 2. The lowest BCUT2D eigenvalue weighted by Crippen LogP contribution is -2.10. The average Bonchev–Trinajstić information content (AvgIpc) is 3.35. The number of ether oxygens (including phenoxy) is 4. The molecule has 0 heterocycles. The Morgan fingerprint density at radius 3 is 1.19 bits per heavy atom. The first kappa shape index (κ1) is 52.2. The summed E-state index contributed by atoms with van der Waals surface area (Å²) >= 11 is 6.38. The molecule has 0 aromatic heterocycles. The molecule has 0 saturated heterocycles. The van der Waals surface area contributed by atoms with Crippen LogP contribution in [0.2, 0.25) is 5.02 Å². The van der Waals surface area contributed by atoms with E-state index in [0.717, 1.165) is 60.1 Å². The van der Waals surface area contributed by atoms with Crippen molar-refractivity contribution in [2.45, 2.75) is 142 Å². The highest BCUT2D eigenvalue weighted by Gasteiger charge is 2.15. The highest BCUT2D eigenvalue weighted by atomic mass is 35.5. The predicted octanol–water partition coefficient (Wildman–Crippen LogP) is 16.9. The summed E-state index contributed by atoms with van der Waals surface area (Å²) in [5.41, 5.74) is 3.90. The van der Waals surface area contributed by atoms with E-state index in [1.54, 1.807) is 67.0 Å². The minimum Gasteiger partial charge on any atom is -0.494 e. The molecular formula is C58H71ClN2O6. The van der Waals surface area contributed by atoms with Crippen molar-refractivity contribution in [2.24, 2.45) is 9.98 Å². The number of halogens is 1. The number of rotatable bonds is 32. The van der Waals surface area contributed by atoms with E-state index in [-0.39, 0.29) is 16.5 Å². The first-order valence-electron chi connectivity index (χ1n) is 24.9. The molecule has 5 aromatic rings. The largest absolute Gasteiger partial charge is 0.494 e. The van der Waals surface area contributed by atoms with E-state index in [1.165, 1.54) is 128 Å². The van der Waals surface area contributed by atoms with Gasteiger partial charge in [-0.2, -0.15) is 0 Å². The van der Waals surface area contributed by atoms with Crippen LogP contribution < -0.4 is 18.9 Å². The zero-order valence-electron chi connectivity index (χ0n) is 39.9. The number of aliphatic imine (C=N–C) groups is 2. The van der Waals surface area contributed by atoms with Crippen LogP contribution in [0.25, 0.3) is 0 Å². The van der Waals surface area contributed by atoms with Crippen molar-refractivity contribution < 1.29 is 28.5 Å². The highest BCUT2D eigenvalue weighted by molar-refractivity contribution is 6.32. The van der Waals surface area contributed by atoms with Gasteiger partial charge in [0.05, 0.1) is 40.7 Å². The molecule has 356 valence electrons. The lowest BCUT2D eigenvalue weighted by Gasteiger charge is -2.10. The summed E-state index contributed by atoms with van der Waals surface area (Å²) in [7, 11) is 0. The summed E-state index contributed by atoms with van der Waals surface area (Å²) in [6.07, 6.45) is 29.5. The Morgan fingerprint density at radius 2 is 0.791 bits per heavy atom. The number of carbonyl (C=O) groups excluding carboxylic acids is 2. The molecule has 0 amide bonds. The summed E-state index contributed by atoms with van der Waals surface area (Å²) in [6, 6.07) is 33.8. The molecule has 0 unspecified atom stereocenters. The van der Waals surface area contributed by atoms with Gasteiger partial charge in [-0.05, 0) is 109 Å². The van der Waals surface area contributed by atoms with E-state index >= 15 is 0 Å². The molecule has 0 aliphatic heterocycles. The van der Waals surface area contributed by atoms with E-state index in [4.69, 9.17) is 30.5 Å². The van der Waals surface area contributed by atoms with Gasteiger partial charge in [-0.1, -0.05) is 165 Å². The molecule has 0 fully saturated rings. The molecule has 0 aliphatic rings. The average molecular weight is 928 g/mol. The van der Waals surface area contributed by atoms with Gasteiger partial charge in [-0.3, -0.25) is 9.98 Å². The van der Waals surface area contributed by atoms with Gasteiger partial charge in [0.1, 0.15) is 17.2 Å². The molecule has 0 aliphatic carbocycles. The van der Waals surface area contributed by atoms with Crippen molar-refractivity contribution in [3.8, 4) is 23.0 Å². The lowest BCUT2D eigenvalue weighted by atomic mass is 10.1. The van der Waals surface area contributed by atoms with Crippen LogP contribution in [-0.2, 0) is 0 Å². The molecule has 0 saturated carbocycles. The summed E-state index contributed by atoms with van der Waals surface area (Å²) in [5.74, 6) is 0.750. The van der Waals surface area contributed by atoms with Gasteiger partial charge in [0.2, 0.25) is 0 Å². The SMILES string of the molecule is CCCCCCCCCCCCOc1ccc(N=Cc2ccc(C(=O)Oc3ccc(Cl)c(OC(=O)c4ccc(C=Nc5ccc(OCCCCCCCCCCCC)cc5)cc4)c3)cc2)cc1. The van der Waals surface area contributed by atoms with Crippen LogP contribution in [0.5, 0.6) is 23.0 Å². The second-order valence-electron chi connectivity index (χ2n) is 17.2. The second kappa shape index (κ2) is 31.3. The third kappa shape index (κ3) is 20.8. The third-order valence-electron chi connectivity index (χ3n) is 11.5. The fourth-order valence-corrected chi connectivity index (χ4v) is 7.63. The maximum Gasteiger partial charge on any atom is 0.343 e. The summed E-state index contributed by atoms with van der Waals surface area (Å²) < 4.78 is 23.1. The summed E-state index contributed by atoms with van der Waals surface area (Å²) in [6.45, 7) is 5.96. The normalized spacial score (nSPS) is 11.3. The number of benzene rings is 5. The second-order valence-corrected chi connectivity index (χ2v) is 17.6. The topological polar surface area (TPSA) is 95.8 Å². The van der Waals surface area contributed by atoms with Gasteiger partial charge >= 0.3 is 11.9 Å². The van der Waals surface area contributed by atoms with E-state index < -0.39 is 11.9 Å². The van der Waals surface area contributed by atoms with Crippen LogP contribution in [0.4, 0.5) is 11.4 Å². The van der Waals surface area contributed by atoms with E-state index in [9.17, 15) is 9.59 Å². The first-order valence-corrected chi connectivity index (χ1v) is 25.3. The van der Waals surface area contributed by atoms with Crippen LogP contribution in [0.15, 0.2) is 125 Å². The molecular weight excluding hydrogens is 856 g/mol. The van der Waals surface area contributed by atoms with Gasteiger partial charge in [-0.25, -0.2) is 9.59 Å². The highest BCUT2D eigenvalue weighted by Crippen LogP contribution is 2.31. The van der Waals surface area contributed by atoms with Gasteiger partial charge in [0, 0.05) is 18.5 Å². The van der Waals surface area contributed by atoms with Crippen molar-refractivity contribution in [3.05, 3.63) is 143 Å². The van der Waals surface area contributed by atoms with E-state index in [2.05, 4.69) is 23.8 Å². The number of hydrogen-bond donors (Lipinski definition) is 0. The van der Waals surface area contributed by atoms with Crippen LogP contribution in [0.1, 0.15) is 174 Å². The van der Waals surface area contributed by atoms with Crippen molar-refractivity contribution in [1.82, 2.24) is 0 Å². The molecule has 0 N–H and O–H groups in total. The van der Waals surface area contributed by atoms with E-state index in [1.807, 2.05) is 48.5 Å². The fourth-order valence-electron chi connectivity index (χ4n) is 7.47. The molecule has 8 nitrogen and oxygen atoms in total. The van der Waals surface area contributed by atoms with Crippen LogP contribution in [-0.4, -0.2) is 37.6 Å². The zero-order chi connectivity index (χ0) is 47.2. The molecule has 9 heteroatoms. The number of esters is 2. The van der Waals surface area contributed by atoms with Crippen molar-refractivity contribution >= 4 is 47.3 Å². The molecule has 0 radical (unpaired) electrons. The predicted molar refractivity (Wildman–Crippen MR) is 276 cm³/mol. The lowest BCUT2D eigenvalue weighted by molar-refractivity contribution is 0.0732. The smallest absolute Gasteiger partial charge is 0.343 e.